The van der Waals surface area contributed by atoms with Crippen molar-refractivity contribution in [1.29, 1.82) is 5.41 Å². The van der Waals surface area contributed by atoms with Gasteiger partial charge in [-0.2, -0.15) is 0 Å². The Labute approximate surface area is 65.0 Å². The van der Waals surface area contributed by atoms with Crippen molar-refractivity contribution in [2.75, 3.05) is 6.54 Å². The van der Waals surface area contributed by atoms with E-state index in [1.54, 1.807) is 0 Å². The molecule has 0 aromatic rings. The van der Waals surface area contributed by atoms with E-state index in [9.17, 15) is 0 Å². The summed E-state index contributed by atoms with van der Waals surface area (Å²) in [5, 5.41) is 33.9. The quantitative estimate of drug-likeness (QED) is 0.310. The third-order valence-corrected chi connectivity index (χ3v) is 1.40. The van der Waals surface area contributed by atoms with Crippen molar-refractivity contribution in [3.05, 3.63) is 0 Å². The van der Waals surface area contributed by atoms with E-state index >= 15 is 0 Å². The number of nitrogens with two attached hydrogens (primary N) is 1. The van der Waals surface area contributed by atoms with E-state index in [2.05, 4.69) is 0 Å². The fraction of sp³-hybridized carbons (Fsp3) is 0.833. The normalized spacial score (nSPS) is 19.0. The molecule has 0 bridgehead atoms. The molecule has 0 heterocycles. The molecule has 0 radical (unpaired) electrons. The lowest BCUT2D eigenvalue weighted by Crippen LogP contribution is -2.44. The monoisotopic (exact) mass is 162 g/mol. The molecule has 0 aliphatic carbocycles. The lowest BCUT2D eigenvalue weighted by Gasteiger charge is -2.20. The highest BCUT2D eigenvalue weighted by molar-refractivity contribution is 5.83. The van der Waals surface area contributed by atoms with Crippen molar-refractivity contribution in [3.63, 3.8) is 0 Å². The second-order valence-corrected chi connectivity index (χ2v) is 2.42. The van der Waals surface area contributed by atoms with Crippen LogP contribution in [-0.2, 0) is 0 Å². The Morgan fingerprint density at radius 2 is 1.91 bits per heavy atom. The van der Waals surface area contributed by atoms with Crippen molar-refractivity contribution in [1.82, 2.24) is 0 Å². The first-order chi connectivity index (χ1) is 5.00. The molecule has 0 aliphatic rings. The number of hydrogen-bond acceptors (Lipinski definition) is 5. The van der Waals surface area contributed by atoms with Gasteiger partial charge in [-0.25, -0.2) is 0 Å². The van der Waals surface area contributed by atoms with Crippen molar-refractivity contribution in [2.24, 2.45) is 5.73 Å². The smallest absolute Gasteiger partial charge is 0.119 e. The number of hydrogen-bond donors (Lipinski definition) is 5. The maximum absolute atomic E-state index is 9.04. The second-order valence-electron chi connectivity index (χ2n) is 2.42. The minimum absolute atomic E-state index is 0.0926. The topological polar surface area (TPSA) is 111 Å². The Bertz CT molecular complexity index is 140. The highest BCUT2D eigenvalue weighted by atomic mass is 16.4. The van der Waals surface area contributed by atoms with Crippen LogP contribution in [0.25, 0.3) is 0 Å². The molecule has 0 aromatic heterocycles. The van der Waals surface area contributed by atoms with E-state index in [-0.39, 0.29) is 12.3 Å². The largest absolute Gasteiger partial charge is 0.389 e. The first kappa shape index (κ1) is 10.5. The van der Waals surface area contributed by atoms with Crippen molar-refractivity contribution >= 4 is 5.71 Å². The number of nitrogens with one attached hydrogen (secondary N) is 1. The molecule has 0 saturated heterocycles. The zero-order valence-electron chi connectivity index (χ0n) is 6.36. The lowest BCUT2D eigenvalue weighted by molar-refractivity contribution is -0.0301. The van der Waals surface area contributed by atoms with Gasteiger partial charge in [0.2, 0.25) is 0 Å². The highest BCUT2D eigenvalue weighted by Gasteiger charge is 2.24. The van der Waals surface area contributed by atoms with E-state index in [1.165, 1.54) is 6.92 Å². The SMILES string of the molecule is CC(=N)C(O)C(O)C(O)CN. The number of rotatable bonds is 4. The molecule has 11 heavy (non-hydrogen) atoms. The first-order valence-corrected chi connectivity index (χ1v) is 3.30. The van der Waals surface area contributed by atoms with Crippen molar-refractivity contribution < 1.29 is 15.3 Å². The molecule has 0 aromatic carbocycles. The Morgan fingerprint density at radius 3 is 2.18 bits per heavy atom. The average molecular weight is 162 g/mol. The summed E-state index contributed by atoms with van der Waals surface area (Å²) in [6.07, 6.45) is -3.86. The van der Waals surface area contributed by atoms with Gasteiger partial charge in [-0.15, -0.1) is 0 Å². The molecule has 3 unspecified atom stereocenters. The molecule has 5 nitrogen and oxygen atoms in total. The van der Waals surface area contributed by atoms with Gasteiger partial charge in [-0.1, -0.05) is 0 Å². The molecule has 0 rings (SSSR count). The number of aliphatic hydroxyl groups excluding tert-OH is 3. The summed E-state index contributed by atoms with van der Waals surface area (Å²) in [5.74, 6) is 0. The third kappa shape index (κ3) is 2.94. The Morgan fingerprint density at radius 1 is 1.45 bits per heavy atom. The van der Waals surface area contributed by atoms with E-state index in [0.29, 0.717) is 0 Å². The van der Waals surface area contributed by atoms with Crippen LogP contribution < -0.4 is 5.73 Å². The van der Waals surface area contributed by atoms with E-state index < -0.39 is 18.3 Å². The van der Waals surface area contributed by atoms with Gasteiger partial charge in [0.25, 0.3) is 0 Å². The van der Waals surface area contributed by atoms with E-state index in [1.807, 2.05) is 0 Å². The minimum atomic E-state index is -1.36. The maximum Gasteiger partial charge on any atom is 0.119 e. The Balaban J connectivity index is 4.00. The van der Waals surface area contributed by atoms with Gasteiger partial charge in [-0.05, 0) is 6.92 Å². The van der Waals surface area contributed by atoms with Gasteiger partial charge < -0.3 is 26.5 Å². The van der Waals surface area contributed by atoms with Crippen LogP contribution in [0.4, 0.5) is 0 Å². The van der Waals surface area contributed by atoms with Crippen LogP contribution in [-0.4, -0.2) is 45.9 Å². The number of aliphatic hydroxyl groups is 3. The van der Waals surface area contributed by atoms with Crippen LogP contribution in [0.3, 0.4) is 0 Å². The fourth-order valence-electron chi connectivity index (χ4n) is 0.606. The van der Waals surface area contributed by atoms with Gasteiger partial charge in [0, 0.05) is 12.3 Å². The summed E-state index contributed by atoms with van der Waals surface area (Å²) in [5.41, 5.74) is 4.93. The maximum atomic E-state index is 9.04. The molecule has 6 N–H and O–H groups in total. The van der Waals surface area contributed by atoms with Crippen LogP contribution in [0, 0.1) is 5.41 Å². The molecule has 3 atom stereocenters. The molecule has 66 valence electrons. The molecule has 0 saturated carbocycles. The standard InChI is InChI=1S/C6H14N2O3/c1-3(8)5(10)6(11)4(9)2-7/h4-6,8-11H,2,7H2,1H3. The first-order valence-electron chi connectivity index (χ1n) is 3.30. The van der Waals surface area contributed by atoms with Gasteiger partial charge in [0.1, 0.15) is 12.2 Å². The molecular formula is C6H14N2O3. The molecule has 0 fully saturated rings. The van der Waals surface area contributed by atoms with Gasteiger partial charge in [0.05, 0.1) is 6.10 Å². The van der Waals surface area contributed by atoms with Crippen LogP contribution in [0.1, 0.15) is 6.92 Å². The molecular weight excluding hydrogens is 148 g/mol. The summed E-state index contributed by atoms with van der Waals surface area (Å²) in [6.45, 7) is 1.21. The highest BCUT2D eigenvalue weighted by Crippen LogP contribution is 1.99. The zero-order chi connectivity index (χ0) is 9.02. The molecule has 0 spiro atoms. The van der Waals surface area contributed by atoms with Gasteiger partial charge in [0.15, 0.2) is 0 Å². The van der Waals surface area contributed by atoms with E-state index in [4.69, 9.17) is 26.5 Å². The Hall–Kier alpha value is -0.490. The lowest BCUT2D eigenvalue weighted by atomic mass is 10.1. The van der Waals surface area contributed by atoms with Crippen LogP contribution in [0.5, 0.6) is 0 Å². The van der Waals surface area contributed by atoms with Crippen LogP contribution in [0.15, 0.2) is 0 Å². The predicted molar refractivity (Wildman–Crippen MR) is 40.5 cm³/mol. The minimum Gasteiger partial charge on any atom is -0.389 e. The van der Waals surface area contributed by atoms with E-state index in [0.717, 1.165) is 0 Å². The average Bonchev–Trinajstić information content (AvgIpc) is 2.00. The summed E-state index contributed by atoms with van der Waals surface area (Å²) in [7, 11) is 0. The molecule has 0 aliphatic heterocycles. The van der Waals surface area contributed by atoms with Gasteiger partial charge in [-0.3, -0.25) is 0 Å². The van der Waals surface area contributed by atoms with Gasteiger partial charge >= 0.3 is 0 Å². The third-order valence-electron chi connectivity index (χ3n) is 1.40. The zero-order valence-corrected chi connectivity index (χ0v) is 6.36. The predicted octanol–water partition coefficient (Wildman–Crippen LogP) is -1.93. The summed E-state index contributed by atoms with van der Waals surface area (Å²) < 4.78 is 0. The van der Waals surface area contributed by atoms with Crippen molar-refractivity contribution in [2.45, 2.75) is 25.2 Å². The second kappa shape index (κ2) is 4.40. The fourth-order valence-corrected chi connectivity index (χ4v) is 0.606. The molecule has 0 amide bonds. The molecule has 5 heteroatoms. The van der Waals surface area contributed by atoms with Crippen LogP contribution in [0.2, 0.25) is 0 Å². The summed E-state index contributed by atoms with van der Waals surface area (Å²) in [6, 6.07) is 0. The summed E-state index contributed by atoms with van der Waals surface area (Å²) in [4.78, 5) is 0. The van der Waals surface area contributed by atoms with Crippen molar-refractivity contribution in [3.8, 4) is 0 Å². The Kier molecular flexibility index (Phi) is 4.20. The summed E-state index contributed by atoms with van der Waals surface area (Å²) >= 11 is 0. The van der Waals surface area contributed by atoms with Crippen LogP contribution >= 0.6 is 0 Å².